The fourth-order valence-corrected chi connectivity index (χ4v) is 4.74. The molecule has 0 bridgehead atoms. The fraction of sp³-hybridized carbons (Fsp3) is 0.714. The van der Waals surface area contributed by atoms with Gasteiger partial charge in [-0.1, -0.05) is 0 Å². The minimum Gasteiger partial charge on any atom is -0.314 e. The van der Waals surface area contributed by atoms with Gasteiger partial charge in [-0.05, 0) is 67.7 Å². The first kappa shape index (κ1) is 13.1. The molecule has 0 radical (unpaired) electrons. The molecule has 1 aromatic heterocycles. The van der Waals surface area contributed by atoms with Crippen molar-refractivity contribution < 1.29 is 0 Å². The summed E-state index contributed by atoms with van der Waals surface area (Å²) in [4.78, 5) is 5.46. The summed E-state index contributed by atoms with van der Waals surface area (Å²) in [5.74, 6) is 0.778. The Morgan fingerprint density at radius 3 is 2.83 bits per heavy atom. The number of nitrogens with one attached hydrogen (secondary N) is 1. The molecule has 0 aromatic carbocycles. The zero-order valence-electron chi connectivity index (χ0n) is 11.1. The lowest BCUT2D eigenvalue weighted by Gasteiger charge is -2.24. The summed E-state index contributed by atoms with van der Waals surface area (Å²) in [5.41, 5.74) is 0. The molecule has 2 nitrogen and oxygen atoms in total. The lowest BCUT2D eigenvalue weighted by molar-refractivity contribution is 0.276. The predicted molar refractivity (Wildman–Crippen MR) is 81.3 cm³/mol. The molecule has 1 aromatic rings. The van der Waals surface area contributed by atoms with Crippen molar-refractivity contribution in [1.82, 2.24) is 10.2 Å². The highest BCUT2D eigenvalue weighted by Gasteiger charge is 2.35. The van der Waals surface area contributed by atoms with E-state index in [9.17, 15) is 0 Å². The molecule has 1 aliphatic carbocycles. The topological polar surface area (TPSA) is 15.3 Å². The average Bonchev–Trinajstić information content (AvgIpc) is 3.01. The van der Waals surface area contributed by atoms with Crippen molar-refractivity contribution in [3.05, 3.63) is 20.3 Å². The smallest absolute Gasteiger partial charge is 0.0479 e. The third kappa shape index (κ3) is 2.67. The highest BCUT2D eigenvalue weighted by Crippen LogP contribution is 2.41. The monoisotopic (exact) mass is 328 g/mol. The van der Waals surface area contributed by atoms with Gasteiger partial charge in [-0.3, -0.25) is 4.90 Å². The second-order valence-electron chi connectivity index (χ2n) is 5.71. The Morgan fingerprint density at radius 2 is 2.22 bits per heavy atom. The molecule has 2 unspecified atom stereocenters. The normalized spacial score (nSPS) is 29.1. The highest BCUT2D eigenvalue weighted by atomic mass is 79.9. The van der Waals surface area contributed by atoms with E-state index >= 15 is 0 Å². The molecular formula is C14H21BrN2S. The van der Waals surface area contributed by atoms with Gasteiger partial charge < -0.3 is 5.32 Å². The molecule has 0 spiro atoms. The van der Waals surface area contributed by atoms with Gasteiger partial charge in [0.2, 0.25) is 0 Å². The van der Waals surface area contributed by atoms with Crippen LogP contribution >= 0.6 is 27.3 Å². The summed E-state index contributed by atoms with van der Waals surface area (Å²) in [6, 6.07) is 3.77. The van der Waals surface area contributed by atoms with Crippen LogP contribution in [0.25, 0.3) is 0 Å². The maximum Gasteiger partial charge on any atom is 0.0479 e. The van der Waals surface area contributed by atoms with E-state index in [1.807, 2.05) is 11.3 Å². The van der Waals surface area contributed by atoms with Crippen LogP contribution in [0.5, 0.6) is 0 Å². The van der Waals surface area contributed by atoms with Crippen molar-refractivity contribution in [3.8, 4) is 0 Å². The predicted octanol–water partition coefficient (Wildman–Crippen LogP) is 3.56. The lowest BCUT2D eigenvalue weighted by atomic mass is 9.99. The Balaban J connectivity index is 1.73. The molecule has 2 fully saturated rings. The highest BCUT2D eigenvalue weighted by molar-refractivity contribution is 9.10. The van der Waals surface area contributed by atoms with E-state index in [1.54, 1.807) is 0 Å². The second kappa shape index (κ2) is 5.23. The Kier molecular flexibility index (Phi) is 3.81. The molecule has 1 N–H and O–H groups in total. The number of likely N-dealkylation sites (tertiary alicyclic amines) is 1. The van der Waals surface area contributed by atoms with Gasteiger partial charge in [-0.15, -0.1) is 11.3 Å². The number of nitrogens with zero attached hydrogens (tertiary/aromatic N) is 1. The Bertz CT molecular complexity index is 408. The van der Waals surface area contributed by atoms with Crippen molar-refractivity contribution in [1.29, 1.82) is 0 Å². The van der Waals surface area contributed by atoms with E-state index in [2.05, 4.69) is 46.2 Å². The molecule has 1 saturated heterocycles. The minimum atomic E-state index is 0.617. The van der Waals surface area contributed by atoms with Crippen molar-refractivity contribution in [2.75, 3.05) is 20.1 Å². The minimum absolute atomic E-state index is 0.617. The Hall–Kier alpha value is 0.100. The van der Waals surface area contributed by atoms with Gasteiger partial charge in [0.05, 0.1) is 0 Å². The van der Waals surface area contributed by atoms with Crippen LogP contribution in [0.15, 0.2) is 10.5 Å². The standard InChI is InChI=1S/C14H21BrN2S/c1-9-12(15)7-13(18-9)14-10(5-6-17(14)2)8-16-11-3-4-11/h7,10-11,14,16H,3-6,8H2,1-2H3. The van der Waals surface area contributed by atoms with E-state index in [-0.39, 0.29) is 0 Å². The molecule has 2 aliphatic rings. The van der Waals surface area contributed by atoms with Crippen LogP contribution in [0.3, 0.4) is 0 Å². The number of thiophene rings is 1. The molecule has 2 atom stereocenters. The lowest BCUT2D eigenvalue weighted by Crippen LogP contribution is -2.29. The third-order valence-corrected chi connectivity index (χ3v) is 6.40. The third-order valence-electron chi connectivity index (χ3n) is 4.19. The summed E-state index contributed by atoms with van der Waals surface area (Å²) in [5, 5.41) is 3.71. The Morgan fingerprint density at radius 1 is 1.44 bits per heavy atom. The zero-order chi connectivity index (χ0) is 12.7. The van der Waals surface area contributed by atoms with E-state index in [1.165, 1.54) is 46.6 Å². The van der Waals surface area contributed by atoms with Crippen LogP contribution in [-0.4, -0.2) is 31.1 Å². The first-order valence-electron chi connectivity index (χ1n) is 6.84. The maximum atomic E-state index is 3.71. The van der Waals surface area contributed by atoms with Crippen molar-refractivity contribution in [3.63, 3.8) is 0 Å². The van der Waals surface area contributed by atoms with Gasteiger partial charge in [0.1, 0.15) is 0 Å². The number of hydrogen-bond acceptors (Lipinski definition) is 3. The summed E-state index contributed by atoms with van der Waals surface area (Å²) < 4.78 is 1.27. The van der Waals surface area contributed by atoms with Gasteiger partial charge >= 0.3 is 0 Å². The molecular weight excluding hydrogens is 308 g/mol. The zero-order valence-corrected chi connectivity index (χ0v) is 13.5. The molecule has 100 valence electrons. The van der Waals surface area contributed by atoms with E-state index in [0.29, 0.717) is 6.04 Å². The largest absolute Gasteiger partial charge is 0.314 e. The summed E-state index contributed by atoms with van der Waals surface area (Å²) in [6.45, 7) is 4.62. The van der Waals surface area contributed by atoms with E-state index in [0.717, 1.165) is 12.0 Å². The van der Waals surface area contributed by atoms with Gasteiger partial charge in [0.15, 0.2) is 0 Å². The summed E-state index contributed by atoms with van der Waals surface area (Å²) in [6.07, 6.45) is 4.10. The molecule has 2 heterocycles. The van der Waals surface area contributed by atoms with Crippen LogP contribution in [0.1, 0.15) is 35.1 Å². The number of rotatable bonds is 4. The Labute approximate surface area is 122 Å². The van der Waals surface area contributed by atoms with Crippen LogP contribution in [-0.2, 0) is 0 Å². The quantitative estimate of drug-likeness (QED) is 0.909. The van der Waals surface area contributed by atoms with Crippen LogP contribution in [0.4, 0.5) is 0 Å². The fourth-order valence-electron chi connectivity index (χ4n) is 2.92. The number of halogens is 1. The molecule has 1 saturated carbocycles. The van der Waals surface area contributed by atoms with E-state index in [4.69, 9.17) is 0 Å². The van der Waals surface area contributed by atoms with Gasteiger partial charge in [-0.2, -0.15) is 0 Å². The molecule has 4 heteroatoms. The van der Waals surface area contributed by atoms with Gasteiger partial charge in [-0.25, -0.2) is 0 Å². The maximum absolute atomic E-state index is 3.71. The van der Waals surface area contributed by atoms with Gasteiger partial charge in [0.25, 0.3) is 0 Å². The summed E-state index contributed by atoms with van der Waals surface area (Å²) >= 11 is 5.60. The first-order valence-corrected chi connectivity index (χ1v) is 8.45. The summed E-state index contributed by atoms with van der Waals surface area (Å²) in [7, 11) is 2.27. The van der Waals surface area contributed by atoms with Gasteiger partial charge in [0, 0.05) is 32.9 Å². The molecule has 0 amide bonds. The average molecular weight is 329 g/mol. The molecule has 18 heavy (non-hydrogen) atoms. The second-order valence-corrected chi connectivity index (χ2v) is 7.85. The van der Waals surface area contributed by atoms with Crippen molar-refractivity contribution >= 4 is 27.3 Å². The van der Waals surface area contributed by atoms with Crippen LogP contribution < -0.4 is 5.32 Å². The van der Waals surface area contributed by atoms with Crippen LogP contribution in [0, 0.1) is 12.8 Å². The molecule has 1 aliphatic heterocycles. The molecule has 3 rings (SSSR count). The van der Waals surface area contributed by atoms with Crippen molar-refractivity contribution in [2.45, 2.75) is 38.3 Å². The first-order chi connectivity index (χ1) is 8.65. The SMILES string of the molecule is Cc1sc(C2C(CNC3CC3)CCN2C)cc1Br. The number of hydrogen-bond donors (Lipinski definition) is 1. The number of aryl methyl sites for hydroxylation is 1. The van der Waals surface area contributed by atoms with Crippen LogP contribution in [0.2, 0.25) is 0 Å². The van der Waals surface area contributed by atoms with Crippen molar-refractivity contribution in [2.24, 2.45) is 5.92 Å². The van der Waals surface area contributed by atoms with E-state index < -0.39 is 0 Å².